The van der Waals surface area contributed by atoms with Crippen LogP contribution in [0.5, 0.6) is 0 Å². The molecule has 0 saturated heterocycles. The summed E-state index contributed by atoms with van der Waals surface area (Å²) in [6.45, 7) is 0. The van der Waals surface area contributed by atoms with Crippen LogP contribution < -0.4 is 10.6 Å². The van der Waals surface area contributed by atoms with Gasteiger partial charge in [0.05, 0.1) is 0 Å². The van der Waals surface area contributed by atoms with Crippen molar-refractivity contribution in [3.05, 3.63) is 120 Å². The fourth-order valence-electron chi connectivity index (χ4n) is 4.46. The smallest absolute Gasteiger partial charge is 0.146 e. The van der Waals surface area contributed by atoms with Crippen molar-refractivity contribution in [3.63, 3.8) is 0 Å². The second-order valence-electron chi connectivity index (χ2n) is 7.52. The van der Waals surface area contributed by atoms with Crippen LogP contribution in [-0.2, 0) is 10.2 Å². The normalized spacial score (nSPS) is 14.2. The van der Waals surface area contributed by atoms with Gasteiger partial charge in [-0.05, 0) is 22.3 Å². The minimum Gasteiger partial charge on any atom is -0.380 e. The van der Waals surface area contributed by atoms with Gasteiger partial charge in [0.15, 0.2) is 0 Å². The molecule has 0 amide bonds. The van der Waals surface area contributed by atoms with E-state index in [4.69, 9.17) is 0 Å². The lowest BCUT2D eigenvalue weighted by molar-refractivity contribution is 0.110. The van der Waals surface area contributed by atoms with Gasteiger partial charge in [-0.15, -0.1) is 0 Å². The van der Waals surface area contributed by atoms with Crippen molar-refractivity contribution in [3.8, 4) is 11.1 Å². The van der Waals surface area contributed by atoms with E-state index < -0.39 is 12.7 Å². The van der Waals surface area contributed by atoms with Gasteiger partial charge in [0.2, 0.25) is 0 Å². The Hall–Kier alpha value is -2.93. The Balaban J connectivity index is 1.74. The Morgan fingerprint density at radius 3 is 1.41 bits per heavy atom. The van der Waals surface area contributed by atoms with E-state index in [9.17, 15) is 9.67 Å². The molecule has 142 valence electrons. The summed E-state index contributed by atoms with van der Waals surface area (Å²) in [5.74, 6) is 0. The Morgan fingerprint density at radius 1 is 0.586 bits per heavy atom. The lowest BCUT2D eigenvalue weighted by Crippen LogP contribution is -2.34. The highest BCUT2D eigenvalue weighted by Crippen LogP contribution is 2.56. The standard InChI is InChI=1S/C26H21O2P/c27-26(24-17-9-7-15-22(24)23-16-8-10-18-25(23)26)19-29(28,20-11-3-1-4-12-20)21-13-5-2-6-14-21/h1-18,27H,19H2. The molecule has 0 unspecified atom stereocenters. The first-order chi connectivity index (χ1) is 14.1. The number of fused-ring (bicyclic) bond motifs is 3. The molecular weight excluding hydrogens is 375 g/mol. The highest BCUT2D eigenvalue weighted by atomic mass is 31.2. The molecule has 1 N–H and O–H groups in total. The molecule has 29 heavy (non-hydrogen) atoms. The van der Waals surface area contributed by atoms with Crippen LogP contribution in [0, 0.1) is 0 Å². The predicted molar refractivity (Wildman–Crippen MR) is 120 cm³/mol. The summed E-state index contributed by atoms with van der Waals surface area (Å²) in [6.07, 6.45) is 0.127. The number of hydrogen-bond donors (Lipinski definition) is 1. The first-order valence-corrected chi connectivity index (χ1v) is 11.6. The van der Waals surface area contributed by atoms with Gasteiger partial charge in [-0.25, -0.2) is 0 Å². The molecule has 0 aromatic heterocycles. The minimum absolute atomic E-state index is 0.127. The summed E-state index contributed by atoms with van der Waals surface area (Å²) in [5.41, 5.74) is 2.37. The SMILES string of the molecule is O=P(CC1(O)c2ccccc2-c2ccccc21)(c1ccccc1)c1ccccc1. The minimum atomic E-state index is -3.10. The molecule has 4 aromatic rings. The molecule has 0 heterocycles. The highest BCUT2D eigenvalue weighted by Gasteiger charge is 2.47. The second-order valence-corrected chi connectivity index (χ2v) is 10.3. The fourth-order valence-corrected chi connectivity index (χ4v) is 7.42. The largest absolute Gasteiger partial charge is 0.380 e. The zero-order valence-electron chi connectivity index (χ0n) is 15.9. The Morgan fingerprint density at radius 2 is 0.966 bits per heavy atom. The van der Waals surface area contributed by atoms with Crippen LogP contribution >= 0.6 is 7.14 Å². The molecule has 2 nitrogen and oxygen atoms in total. The van der Waals surface area contributed by atoms with E-state index in [2.05, 4.69) is 0 Å². The third-order valence-corrected chi connectivity index (χ3v) is 9.00. The van der Waals surface area contributed by atoms with Crippen LogP contribution in [0.2, 0.25) is 0 Å². The van der Waals surface area contributed by atoms with Gasteiger partial charge in [-0.3, -0.25) is 0 Å². The van der Waals surface area contributed by atoms with Gasteiger partial charge in [0.25, 0.3) is 0 Å². The first kappa shape index (κ1) is 18.1. The number of hydrogen-bond acceptors (Lipinski definition) is 2. The molecule has 0 aliphatic heterocycles. The molecule has 3 heteroatoms. The molecule has 4 aromatic carbocycles. The Bertz CT molecular complexity index is 1130. The maximum atomic E-state index is 14.6. The van der Waals surface area contributed by atoms with Crippen molar-refractivity contribution in [2.24, 2.45) is 0 Å². The molecule has 5 rings (SSSR count). The molecular formula is C26H21O2P. The van der Waals surface area contributed by atoms with Gasteiger partial charge in [0.1, 0.15) is 12.7 Å². The van der Waals surface area contributed by atoms with Crippen molar-refractivity contribution in [1.82, 2.24) is 0 Å². The van der Waals surface area contributed by atoms with Gasteiger partial charge in [-0.1, -0.05) is 109 Å². The molecule has 0 saturated carbocycles. The van der Waals surface area contributed by atoms with Crippen molar-refractivity contribution >= 4 is 17.8 Å². The van der Waals surface area contributed by atoms with Crippen LogP contribution in [0.1, 0.15) is 11.1 Å². The molecule has 0 bridgehead atoms. The summed E-state index contributed by atoms with van der Waals surface area (Å²) in [7, 11) is -3.10. The van der Waals surface area contributed by atoms with Crippen LogP contribution in [0.15, 0.2) is 109 Å². The predicted octanol–water partition coefficient (Wildman–Crippen LogP) is 4.92. The van der Waals surface area contributed by atoms with E-state index in [1.807, 2.05) is 109 Å². The van der Waals surface area contributed by atoms with Crippen LogP contribution in [0.25, 0.3) is 11.1 Å². The lowest BCUT2D eigenvalue weighted by atomic mass is 9.94. The summed E-state index contributed by atoms with van der Waals surface area (Å²) >= 11 is 0. The monoisotopic (exact) mass is 396 g/mol. The topological polar surface area (TPSA) is 37.3 Å². The summed E-state index contributed by atoms with van der Waals surface area (Å²) < 4.78 is 14.6. The van der Waals surface area contributed by atoms with E-state index in [-0.39, 0.29) is 6.16 Å². The third-order valence-electron chi connectivity index (χ3n) is 5.83. The average Bonchev–Trinajstić information content (AvgIpc) is 3.04. The van der Waals surface area contributed by atoms with E-state index in [1.54, 1.807) is 0 Å². The van der Waals surface area contributed by atoms with Crippen LogP contribution in [0.3, 0.4) is 0 Å². The maximum absolute atomic E-state index is 14.6. The molecule has 1 aliphatic carbocycles. The van der Waals surface area contributed by atoms with E-state index in [0.717, 1.165) is 32.9 Å². The zero-order valence-corrected chi connectivity index (χ0v) is 16.8. The zero-order chi connectivity index (χ0) is 19.9. The molecule has 0 spiro atoms. The Labute approximate surface area is 170 Å². The third kappa shape index (κ3) is 2.80. The first-order valence-electron chi connectivity index (χ1n) is 9.75. The van der Waals surface area contributed by atoms with Gasteiger partial charge >= 0.3 is 0 Å². The van der Waals surface area contributed by atoms with E-state index in [0.29, 0.717) is 0 Å². The van der Waals surface area contributed by atoms with Crippen molar-refractivity contribution in [2.75, 3.05) is 6.16 Å². The van der Waals surface area contributed by atoms with Gasteiger partial charge < -0.3 is 9.67 Å². The number of benzene rings is 4. The fraction of sp³-hybridized carbons (Fsp3) is 0.0769. The molecule has 0 radical (unpaired) electrons. The quantitative estimate of drug-likeness (QED) is 0.498. The molecule has 1 aliphatic rings. The van der Waals surface area contributed by atoms with Crippen molar-refractivity contribution in [1.29, 1.82) is 0 Å². The van der Waals surface area contributed by atoms with Crippen molar-refractivity contribution in [2.45, 2.75) is 5.60 Å². The lowest BCUT2D eigenvalue weighted by Gasteiger charge is -2.31. The molecule has 0 atom stereocenters. The van der Waals surface area contributed by atoms with E-state index in [1.165, 1.54) is 0 Å². The summed E-state index contributed by atoms with van der Waals surface area (Å²) in [4.78, 5) is 0. The average molecular weight is 396 g/mol. The maximum Gasteiger partial charge on any atom is 0.146 e. The molecule has 0 fully saturated rings. The second kappa shape index (κ2) is 6.84. The van der Waals surface area contributed by atoms with Gasteiger partial charge in [-0.2, -0.15) is 0 Å². The van der Waals surface area contributed by atoms with E-state index >= 15 is 0 Å². The van der Waals surface area contributed by atoms with Crippen molar-refractivity contribution < 1.29 is 9.67 Å². The number of rotatable bonds is 4. The summed E-state index contributed by atoms with van der Waals surface area (Å²) in [5, 5.41) is 13.6. The van der Waals surface area contributed by atoms with Crippen LogP contribution in [0.4, 0.5) is 0 Å². The Kier molecular flexibility index (Phi) is 4.28. The number of aliphatic hydroxyl groups is 1. The van der Waals surface area contributed by atoms with Crippen LogP contribution in [-0.4, -0.2) is 11.3 Å². The van der Waals surface area contributed by atoms with Gasteiger partial charge in [0, 0.05) is 16.8 Å². The summed E-state index contributed by atoms with van der Waals surface area (Å²) in [6, 6.07) is 34.9. The highest BCUT2D eigenvalue weighted by molar-refractivity contribution is 7.78.